The first-order valence-corrected chi connectivity index (χ1v) is 10.2. The summed E-state index contributed by atoms with van der Waals surface area (Å²) in [5.41, 5.74) is -0.152. The highest BCUT2D eigenvalue weighted by Crippen LogP contribution is 2.24. The molecule has 3 aromatic rings. The average molecular weight is 416 g/mol. The van der Waals surface area contributed by atoms with Gasteiger partial charge in [-0.1, -0.05) is 30.3 Å². The van der Waals surface area contributed by atoms with Crippen LogP contribution >= 0.6 is 0 Å². The molecule has 0 atom stereocenters. The van der Waals surface area contributed by atoms with Crippen molar-refractivity contribution >= 4 is 27.3 Å². The standard InChI is InChI=1S/C21H18F2N2O3S/c1-2-25(16-9-4-3-5-10-16)29(27,28)17-11-6-8-15(14-17)21(26)24-20-18(22)12-7-13-19(20)23/h3-14H,2H2,1H3,(H,24,26). The van der Waals surface area contributed by atoms with Crippen LogP contribution in [0.2, 0.25) is 0 Å². The lowest BCUT2D eigenvalue weighted by atomic mass is 10.2. The van der Waals surface area contributed by atoms with E-state index < -0.39 is 33.3 Å². The Labute approximate surface area is 167 Å². The van der Waals surface area contributed by atoms with Gasteiger partial charge in [-0.05, 0) is 49.4 Å². The molecule has 0 heterocycles. The normalized spacial score (nSPS) is 11.1. The topological polar surface area (TPSA) is 66.5 Å². The molecular formula is C21H18F2N2O3S. The third-order valence-corrected chi connectivity index (χ3v) is 6.12. The van der Waals surface area contributed by atoms with Crippen molar-refractivity contribution in [3.8, 4) is 0 Å². The van der Waals surface area contributed by atoms with E-state index in [0.717, 1.165) is 12.1 Å². The van der Waals surface area contributed by atoms with Gasteiger partial charge in [0.05, 0.1) is 10.6 Å². The van der Waals surface area contributed by atoms with Gasteiger partial charge in [0.2, 0.25) is 0 Å². The Morgan fingerprint density at radius 2 is 1.55 bits per heavy atom. The lowest BCUT2D eigenvalue weighted by molar-refractivity contribution is 0.102. The van der Waals surface area contributed by atoms with E-state index in [1.54, 1.807) is 37.3 Å². The molecule has 0 aliphatic rings. The number of amides is 1. The number of hydrogen-bond donors (Lipinski definition) is 1. The summed E-state index contributed by atoms with van der Waals surface area (Å²) in [7, 11) is -3.94. The molecule has 0 fully saturated rings. The first-order chi connectivity index (χ1) is 13.8. The monoisotopic (exact) mass is 416 g/mol. The summed E-state index contributed by atoms with van der Waals surface area (Å²) in [4.78, 5) is 12.3. The maximum Gasteiger partial charge on any atom is 0.264 e. The SMILES string of the molecule is CCN(c1ccccc1)S(=O)(=O)c1cccc(C(=O)Nc2c(F)cccc2F)c1. The highest BCUT2D eigenvalue weighted by molar-refractivity contribution is 7.92. The summed E-state index contributed by atoms with van der Waals surface area (Å²) in [5.74, 6) is -2.68. The van der Waals surface area contributed by atoms with Crippen molar-refractivity contribution in [2.45, 2.75) is 11.8 Å². The first-order valence-electron chi connectivity index (χ1n) is 8.78. The van der Waals surface area contributed by atoms with Crippen LogP contribution in [0.1, 0.15) is 17.3 Å². The number of carbonyl (C=O) groups excluding carboxylic acids is 1. The summed E-state index contributed by atoms with van der Waals surface area (Å²) in [6, 6.07) is 17.1. The Morgan fingerprint density at radius 3 is 2.17 bits per heavy atom. The number of nitrogens with zero attached hydrogens (tertiary/aromatic N) is 1. The fraction of sp³-hybridized carbons (Fsp3) is 0.0952. The van der Waals surface area contributed by atoms with Crippen molar-refractivity contribution in [2.24, 2.45) is 0 Å². The first kappa shape index (κ1) is 20.5. The smallest absolute Gasteiger partial charge is 0.264 e. The van der Waals surface area contributed by atoms with Crippen molar-refractivity contribution in [2.75, 3.05) is 16.2 Å². The third kappa shape index (κ3) is 4.27. The zero-order valence-corrected chi connectivity index (χ0v) is 16.3. The zero-order valence-electron chi connectivity index (χ0n) is 15.5. The van der Waals surface area contributed by atoms with Crippen LogP contribution in [0.4, 0.5) is 20.2 Å². The predicted molar refractivity (Wildman–Crippen MR) is 107 cm³/mol. The lowest BCUT2D eigenvalue weighted by Gasteiger charge is -2.23. The number of sulfonamides is 1. The Kier molecular flexibility index (Phi) is 5.93. The molecule has 0 aliphatic heterocycles. The minimum Gasteiger partial charge on any atom is -0.317 e. The highest BCUT2D eigenvalue weighted by atomic mass is 32.2. The van der Waals surface area contributed by atoms with Crippen LogP contribution in [0, 0.1) is 11.6 Å². The maximum absolute atomic E-state index is 13.8. The second kappa shape index (κ2) is 8.40. The molecule has 0 aliphatic carbocycles. The van der Waals surface area contributed by atoms with Gasteiger partial charge in [-0.2, -0.15) is 0 Å². The van der Waals surface area contributed by atoms with Crippen molar-refractivity contribution in [1.82, 2.24) is 0 Å². The number of anilines is 2. The molecule has 0 saturated carbocycles. The maximum atomic E-state index is 13.8. The molecule has 0 unspecified atom stereocenters. The van der Waals surface area contributed by atoms with E-state index in [-0.39, 0.29) is 17.0 Å². The van der Waals surface area contributed by atoms with E-state index >= 15 is 0 Å². The van der Waals surface area contributed by atoms with Gasteiger partial charge in [-0.3, -0.25) is 9.10 Å². The van der Waals surface area contributed by atoms with Crippen molar-refractivity contribution < 1.29 is 22.0 Å². The van der Waals surface area contributed by atoms with Gasteiger partial charge in [0.25, 0.3) is 15.9 Å². The fourth-order valence-electron chi connectivity index (χ4n) is 2.81. The molecule has 5 nitrogen and oxygen atoms in total. The summed E-state index contributed by atoms with van der Waals surface area (Å²) in [5, 5.41) is 2.15. The Balaban J connectivity index is 1.93. The predicted octanol–water partition coefficient (Wildman–Crippen LogP) is 4.43. The molecule has 29 heavy (non-hydrogen) atoms. The van der Waals surface area contributed by atoms with E-state index in [0.29, 0.717) is 5.69 Å². The number of halogens is 2. The fourth-order valence-corrected chi connectivity index (χ4v) is 4.33. The molecule has 8 heteroatoms. The van der Waals surface area contributed by atoms with Crippen LogP contribution in [-0.4, -0.2) is 20.9 Å². The van der Waals surface area contributed by atoms with E-state index in [2.05, 4.69) is 5.32 Å². The van der Waals surface area contributed by atoms with Gasteiger partial charge in [0, 0.05) is 12.1 Å². The van der Waals surface area contributed by atoms with Crippen LogP contribution in [0.5, 0.6) is 0 Å². The summed E-state index contributed by atoms with van der Waals surface area (Å²) < 4.78 is 54.9. The quantitative estimate of drug-likeness (QED) is 0.646. The number of para-hydroxylation sites is 2. The largest absolute Gasteiger partial charge is 0.317 e. The Morgan fingerprint density at radius 1 is 0.931 bits per heavy atom. The van der Waals surface area contributed by atoms with Crippen molar-refractivity contribution in [3.63, 3.8) is 0 Å². The van der Waals surface area contributed by atoms with E-state index in [1.807, 2.05) is 0 Å². The van der Waals surface area contributed by atoms with Crippen LogP contribution in [0.3, 0.4) is 0 Å². The van der Waals surface area contributed by atoms with Gasteiger partial charge < -0.3 is 5.32 Å². The van der Waals surface area contributed by atoms with Crippen LogP contribution in [-0.2, 0) is 10.0 Å². The number of rotatable bonds is 6. The molecule has 1 amide bonds. The molecular weight excluding hydrogens is 398 g/mol. The Bertz CT molecular complexity index is 1120. The lowest BCUT2D eigenvalue weighted by Crippen LogP contribution is -2.31. The van der Waals surface area contributed by atoms with Gasteiger partial charge in [-0.15, -0.1) is 0 Å². The average Bonchev–Trinajstić information content (AvgIpc) is 2.72. The van der Waals surface area contributed by atoms with Gasteiger partial charge >= 0.3 is 0 Å². The molecule has 0 radical (unpaired) electrons. The zero-order chi connectivity index (χ0) is 21.0. The molecule has 150 valence electrons. The minimum atomic E-state index is -3.94. The third-order valence-electron chi connectivity index (χ3n) is 4.22. The molecule has 0 aromatic heterocycles. The number of carbonyl (C=O) groups is 1. The Hall–Kier alpha value is -3.26. The summed E-state index contributed by atoms with van der Waals surface area (Å²) in [6.07, 6.45) is 0. The van der Waals surface area contributed by atoms with E-state index in [4.69, 9.17) is 0 Å². The van der Waals surface area contributed by atoms with Gasteiger partial charge in [-0.25, -0.2) is 17.2 Å². The summed E-state index contributed by atoms with van der Waals surface area (Å²) in [6.45, 7) is 1.88. The number of benzene rings is 3. The second-order valence-electron chi connectivity index (χ2n) is 6.08. The highest BCUT2D eigenvalue weighted by Gasteiger charge is 2.24. The van der Waals surface area contributed by atoms with E-state index in [9.17, 15) is 22.0 Å². The van der Waals surface area contributed by atoms with Gasteiger partial charge in [0.15, 0.2) is 0 Å². The minimum absolute atomic E-state index is 0.0437. The number of hydrogen-bond acceptors (Lipinski definition) is 3. The number of nitrogens with one attached hydrogen (secondary N) is 1. The van der Waals surface area contributed by atoms with Crippen molar-refractivity contribution in [3.05, 3.63) is 90.0 Å². The van der Waals surface area contributed by atoms with Crippen LogP contribution in [0.15, 0.2) is 77.7 Å². The van der Waals surface area contributed by atoms with Crippen LogP contribution < -0.4 is 9.62 Å². The van der Waals surface area contributed by atoms with E-state index in [1.165, 1.54) is 34.6 Å². The second-order valence-corrected chi connectivity index (χ2v) is 7.95. The summed E-state index contributed by atoms with van der Waals surface area (Å²) >= 11 is 0. The molecule has 0 saturated heterocycles. The van der Waals surface area contributed by atoms with Gasteiger partial charge in [0.1, 0.15) is 17.3 Å². The molecule has 0 bridgehead atoms. The molecule has 3 rings (SSSR count). The molecule has 0 spiro atoms. The van der Waals surface area contributed by atoms with Crippen molar-refractivity contribution in [1.29, 1.82) is 0 Å². The van der Waals surface area contributed by atoms with Crippen LogP contribution in [0.25, 0.3) is 0 Å². The molecule has 1 N–H and O–H groups in total. The molecule has 3 aromatic carbocycles.